The van der Waals surface area contributed by atoms with E-state index in [2.05, 4.69) is 29.6 Å². The van der Waals surface area contributed by atoms with E-state index in [0.717, 1.165) is 17.7 Å². The smallest absolute Gasteiger partial charge is 0.494 e. The fraction of sp³-hybridized carbons (Fsp3) is 0.308. The molecule has 224 valence electrons. The van der Waals surface area contributed by atoms with Gasteiger partial charge in [-0.3, -0.25) is 9.29 Å². The van der Waals surface area contributed by atoms with Gasteiger partial charge in [0.2, 0.25) is 16.0 Å². The first-order valence-corrected chi connectivity index (χ1v) is 13.8. The van der Waals surface area contributed by atoms with E-state index in [1.165, 1.54) is 45.0 Å². The molecule has 0 fully saturated rings. The summed E-state index contributed by atoms with van der Waals surface area (Å²) in [6.07, 6.45) is -2.83. The Morgan fingerprint density at radius 3 is 2.05 bits per heavy atom. The van der Waals surface area contributed by atoms with Gasteiger partial charge in [-0.25, -0.2) is 18.4 Å². The van der Waals surface area contributed by atoms with E-state index in [4.69, 9.17) is 14.2 Å². The molecule has 42 heavy (non-hydrogen) atoms. The predicted molar refractivity (Wildman–Crippen MR) is 145 cm³/mol. The van der Waals surface area contributed by atoms with Crippen LogP contribution in [0.25, 0.3) is 17.1 Å². The number of aromatic nitrogens is 5. The zero-order chi connectivity index (χ0) is 30.7. The van der Waals surface area contributed by atoms with Crippen molar-refractivity contribution in [1.82, 2.24) is 24.7 Å². The molecule has 2 aromatic heterocycles. The van der Waals surface area contributed by atoms with Crippen molar-refractivity contribution < 1.29 is 40.5 Å². The molecule has 0 saturated carbocycles. The molecule has 0 aliphatic heterocycles. The molecule has 2 aromatic carbocycles. The summed E-state index contributed by atoms with van der Waals surface area (Å²) in [5.74, 6) is 0.0517. The maximum Gasteiger partial charge on any atom is 0.573 e. The zero-order valence-corrected chi connectivity index (χ0v) is 23.9. The topological polar surface area (TPSA) is 140 Å². The van der Waals surface area contributed by atoms with Crippen LogP contribution >= 0.6 is 0 Å². The molecule has 2 heterocycles. The fourth-order valence-electron chi connectivity index (χ4n) is 4.05. The van der Waals surface area contributed by atoms with Gasteiger partial charge in [0.15, 0.2) is 11.6 Å². The molecule has 12 nitrogen and oxygen atoms in total. The lowest BCUT2D eigenvalue weighted by molar-refractivity contribution is -0.274. The largest absolute Gasteiger partial charge is 0.573 e. The van der Waals surface area contributed by atoms with Crippen LogP contribution in [0.15, 0.2) is 54.9 Å². The van der Waals surface area contributed by atoms with E-state index in [1.807, 2.05) is 0 Å². The third kappa shape index (κ3) is 6.54. The number of methoxy groups -OCH3 is 3. The van der Waals surface area contributed by atoms with Crippen LogP contribution in [0, 0.1) is 6.92 Å². The van der Waals surface area contributed by atoms with E-state index < -0.39 is 33.5 Å². The van der Waals surface area contributed by atoms with Crippen molar-refractivity contribution in [2.24, 2.45) is 0 Å². The molecule has 4 aromatic rings. The average molecular weight is 609 g/mol. The molecule has 1 N–H and O–H groups in total. The lowest BCUT2D eigenvalue weighted by Gasteiger charge is -2.23. The summed E-state index contributed by atoms with van der Waals surface area (Å²) >= 11 is 0. The van der Waals surface area contributed by atoms with Crippen molar-refractivity contribution in [3.63, 3.8) is 0 Å². The Bertz CT molecular complexity index is 1610. The number of para-hydroxylation sites is 1. The number of nitrogens with zero attached hydrogens (tertiary/aromatic N) is 5. The Morgan fingerprint density at radius 2 is 1.52 bits per heavy atom. The van der Waals surface area contributed by atoms with Crippen molar-refractivity contribution in [3.8, 4) is 34.3 Å². The highest BCUT2D eigenvalue weighted by Gasteiger charge is 2.35. The van der Waals surface area contributed by atoms with Crippen LogP contribution in [0.2, 0.25) is 0 Å². The maximum absolute atomic E-state index is 13.6. The number of hydrogen-bond donors (Lipinski definition) is 1. The van der Waals surface area contributed by atoms with E-state index in [0.29, 0.717) is 0 Å². The summed E-state index contributed by atoms with van der Waals surface area (Å²) in [5.41, 5.74) is 1.30. The minimum absolute atomic E-state index is 0.0619. The molecule has 0 spiro atoms. The molecule has 0 saturated heterocycles. The zero-order valence-electron chi connectivity index (χ0n) is 23.1. The van der Waals surface area contributed by atoms with Gasteiger partial charge in [-0.1, -0.05) is 6.07 Å². The second-order valence-corrected chi connectivity index (χ2v) is 10.9. The van der Waals surface area contributed by atoms with Gasteiger partial charge in [-0.05, 0) is 55.8 Å². The summed E-state index contributed by atoms with van der Waals surface area (Å²) in [4.78, 5) is 8.40. The van der Waals surface area contributed by atoms with Gasteiger partial charge >= 0.3 is 6.36 Å². The minimum atomic E-state index is -4.88. The van der Waals surface area contributed by atoms with E-state index in [1.54, 1.807) is 37.5 Å². The molecule has 0 amide bonds. The van der Waals surface area contributed by atoms with Gasteiger partial charge in [0.25, 0.3) is 0 Å². The lowest BCUT2D eigenvalue weighted by Crippen LogP contribution is -2.33. The van der Waals surface area contributed by atoms with Crippen LogP contribution in [0.1, 0.15) is 24.4 Å². The molecule has 4 rings (SSSR count). The highest BCUT2D eigenvalue weighted by molar-refractivity contribution is 7.93. The summed E-state index contributed by atoms with van der Waals surface area (Å²) in [6, 6.07) is 9.71. The molecule has 0 bridgehead atoms. The first-order chi connectivity index (χ1) is 19.9. The molecule has 0 aliphatic rings. The molecule has 0 radical (unpaired) electrons. The van der Waals surface area contributed by atoms with Crippen LogP contribution in [-0.2, 0) is 14.8 Å². The number of rotatable bonds is 11. The minimum Gasteiger partial charge on any atom is -0.494 e. The van der Waals surface area contributed by atoms with E-state index in [-0.39, 0.29) is 40.3 Å². The molecular formula is C26H27F3N6O6S. The quantitative estimate of drug-likeness (QED) is 0.259. The molecule has 2 atom stereocenters. The Kier molecular flexibility index (Phi) is 8.86. The van der Waals surface area contributed by atoms with E-state index >= 15 is 0 Å². The van der Waals surface area contributed by atoms with Gasteiger partial charge < -0.3 is 18.9 Å². The van der Waals surface area contributed by atoms with Crippen molar-refractivity contribution >= 4 is 16.0 Å². The number of ether oxygens (including phenoxy) is 4. The summed E-state index contributed by atoms with van der Waals surface area (Å²) < 4.78 is 89.6. The number of alkyl halides is 3. The van der Waals surface area contributed by atoms with E-state index in [9.17, 15) is 21.6 Å². The Labute approximate surface area is 239 Å². The lowest BCUT2D eigenvalue weighted by atomic mass is 10.2. The van der Waals surface area contributed by atoms with Gasteiger partial charge in [0.05, 0.1) is 14.2 Å². The third-order valence-corrected chi connectivity index (χ3v) is 7.79. The van der Waals surface area contributed by atoms with Gasteiger partial charge in [0, 0.05) is 25.1 Å². The van der Waals surface area contributed by atoms with Crippen LogP contribution in [0.5, 0.6) is 17.2 Å². The highest BCUT2D eigenvalue weighted by Crippen LogP contribution is 2.38. The average Bonchev–Trinajstić information content (AvgIpc) is 3.35. The maximum atomic E-state index is 13.6. The predicted octanol–water partition coefficient (Wildman–Crippen LogP) is 4.47. The number of aryl methyl sites for hydroxylation is 1. The fourth-order valence-corrected chi connectivity index (χ4v) is 5.18. The van der Waals surface area contributed by atoms with Crippen LogP contribution in [0.4, 0.5) is 19.1 Å². The number of benzene rings is 2. The normalized spacial score (nSPS) is 13.3. The first-order valence-electron chi connectivity index (χ1n) is 12.2. The second kappa shape index (κ2) is 12.2. The molecule has 16 heteroatoms. The molecular weight excluding hydrogens is 581 g/mol. The van der Waals surface area contributed by atoms with Crippen LogP contribution < -0.4 is 18.9 Å². The number of sulfonamides is 1. The van der Waals surface area contributed by atoms with Crippen LogP contribution in [-0.4, -0.2) is 66.1 Å². The number of nitrogens with one attached hydrogen (secondary N) is 1. The third-order valence-electron chi connectivity index (χ3n) is 6.09. The summed E-state index contributed by atoms with van der Waals surface area (Å²) in [6.45, 7) is 3.21. The summed E-state index contributed by atoms with van der Waals surface area (Å²) in [7, 11) is -0.104. The number of anilines is 1. The Hall–Kier alpha value is -4.44. The summed E-state index contributed by atoms with van der Waals surface area (Å²) in [5, 5.41) is 7.01. The first kappa shape index (κ1) is 30.5. The highest BCUT2D eigenvalue weighted by atomic mass is 32.2. The number of hydrogen-bond acceptors (Lipinski definition) is 10. The number of halogens is 3. The van der Waals surface area contributed by atoms with Crippen molar-refractivity contribution in [1.29, 1.82) is 0 Å². The SMILES string of the molecule is COc1cccc(OC)c1-n1c(NS(=O)(=O)C(C)C(OC)c2ncc(C)cn2)nnc1-c1ccc(OC(F)(F)F)cc1. The van der Waals surface area contributed by atoms with Crippen molar-refractivity contribution in [3.05, 3.63) is 66.2 Å². The molecule has 2 unspecified atom stereocenters. The second-order valence-electron chi connectivity index (χ2n) is 8.89. The van der Waals surface area contributed by atoms with Crippen LogP contribution in [0.3, 0.4) is 0 Å². The molecule has 0 aliphatic carbocycles. The Morgan fingerprint density at radius 1 is 0.929 bits per heavy atom. The standard InChI is InChI=1S/C26H27F3N6O6S/c1-15-13-30-23(31-14-15)22(40-5)16(2)42(36,37)34-25-33-32-24(17-9-11-18(12-10-17)41-26(27,28)29)35(25)21-19(38-3)7-6-8-20(21)39-4/h6-14,16,22H,1-5H3,(H,33,34). The Balaban J connectivity index is 1.82. The van der Waals surface area contributed by atoms with Gasteiger partial charge in [-0.15, -0.1) is 23.4 Å². The monoisotopic (exact) mass is 608 g/mol. The van der Waals surface area contributed by atoms with Crippen molar-refractivity contribution in [2.75, 3.05) is 26.1 Å². The van der Waals surface area contributed by atoms with Gasteiger partial charge in [-0.2, -0.15) is 0 Å². The van der Waals surface area contributed by atoms with Gasteiger partial charge in [0.1, 0.15) is 34.3 Å². The van der Waals surface area contributed by atoms with Crippen molar-refractivity contribution in [2.45, 2.75) is 31.6 Å².